The SMILES string of the molecule is O=C1NC(=O)/C(=C/c2ccnc(N3CCC(c4nn[nH]n4)CC3)n2)S1. The number of H-pyrrole nitrogens is 1. The maximum absolute atomic E-state index is 11.6. The summed E-state index contributed by atoms with van der Waals surface area (Å²) in [4.78, 5) is 34.1. The minimum Gasteiger partial charge on any atom is -0.341 e. The second-order valence-electron chi connectivity index (χ2n) is 5.67. The fourth-order valence-electron chi connectivity index (χ4n) is 2.83. The molecule has 2 amide bonds. The molecular weight excluding hydrogens is 344 g/mol. The maximum Gasteiger partial charge on any atom is 0.290 e. The van der Waals surface area contributed by atoms with Crippen molar-refractivity contribution in [2.75, 3.05) is 18.0 Å². The molecule has 2 aromatic rings. The zero-order chi connectivity index (χ0) is 17.2. The molecule has 4 heterocycles. The number of tetrazole rings is 1. The summed E-state index contributed by atoms with van der Waals surface area (Å²) in [5, 5.41) is 16.1. The molecule has 2 fully saturated rings. The lowest BCUT2D eigenvalue weighted by Crippen LogP contribution is -2.34. The number of rotatable bonds is 3. The highest BCUT2D eigenvalue weighted by Crippen LogP contribution is 2.28. The predicted molar refractivity (Wildman–Crippen MR) is 89.5 cm³/mol. The molecule has 0 spiro atoms. The number of nitrogens with zero attached hydrogens (tertiary/aromatic N) is 6. The largest absolute Gasteiger partial charge is 0.341 e. The minimum atomic E-state index is -0.393. The number of amides is 2. The molecule has 0 aliphatic carbocycles. The standard InChI is InChI=1S/C14H14N8O2S/c23-12-10(25-14(24)17-12)7-9-1-4-15-13(16-9)22-5-2-8(3-6-22)11-18-20-21-19-11/h1,4,7-8H,2-3,5-6H2,(H,17,23,24)(H,18,19,20,21)/b10-7-. The van der Waals surface area contributed by atoms with Gasteiger partial charge < -0.3 is 4.90 Å². The van der Waals surface area contributed by atoms with Gasteiger partial charge in [0, 0.05) is 25.2 Å². The Morgan fingerprint density at radius 3 is 2.80 bits per heavy atom. The zero-order valence-electron chi connectivity index (χ0n) is 13.0. The van der Waals surface area contributed by atoms with Crippen LogP contribution in [0.1, 0.15) is 30.3 Å². The summed E-state index contributed by atoms with van der Waals surface area (Å²) >= 11 is 0.873. The van der Waals surface area contributed by atoms with Gasteiger partial charge in [0.2, 0.25) is 5.95 Å². The Morgan fingerprint density at radius 2 is 2.12 bits per heavy atom. The van der Waals surface area contributed by atoms with Crippen molar-refractivity contribution >= 4 is 34.9 Å². The Balaban J connectivity index is 1.46. The second kappa shape index (κ2) is 6.59. The van der Waals surface area contributed by atoms with Crippen molar-refractivity contribution in [1.29, 1.82) is 0 Å². The molecule has 2 aliphatic heterocycles. The van der Waals surface area contributed by atoms with E-state index in [2.05, 4.69) is 40.8 Å². The number of carbonyl (C=O) groups excluding carboxylic acids is 2. The summed E-state index contributed by atoms with van der Waals surface area (Å²) in [5.74, 6) is 1.24. The van der Waals surface area contributed by atoms with Crippen molar-refractivity contribution in [2.45, 2.75) is 18.8 Å². The monoisotopic (exact) mass is 358 g/mol. The van der Waals surface area contributed by atoms with Crippen LogP contribution in [0.15, 0.2) is 17.2 Å². The van der Waals surface area contributed by atoms with Gasteiger partial charge in [-0.2, -0.15) is 5.21 Å². The van der Waals surface area contributed by atoms with Crippen LogP contribution >= 0.6 is 11.8 Å². The first kappa shape index (κ1) is 15.7. The summed E-state index contributed by atoms with van der Waals surface area (Å²) in [6.45, 7) is 1.57. The fraction of sp³-hybridized carbons (Fsp3) is 0.357. The van der Waals surface area contributed by atoms with E-state index >= 15 is 0 Å². The van der Waals surface area contributed by atoms with Crippen molar-refractivity contribution in [3.8, 4) is 0 Å². The van der Waals surface area contributed by atoms with E-state index in [9.17, 15) is 9.59 Å². The number of nitrogens with one attached hydrogen (secondary N) is 2. The van der Waals surface area contributed by atoms with Crippen LogP contribution in [-0.2, 0) is 4.79 Å². The van der Waals surface area contributed by atoms with Gasteiger partial charge in [-0.15, -0.1) is 10.2 Å². The van der Waals surface area contributed by atoms with Gasteiger partial charge in [-0.1, -0.05) is 5.21 Å². The Hall–Kier alpha value is -2.82. The van der Waals surface area contributed by atoms with Crippen LogP contribution in [0.2, 0.25) is 0 Å². The van der Waals surface area contributed by atoms with Crippen molar-refractivity contribution in [3.05, 3.63) is 28.7 Å². The lowest BCUT2D eigenvalue weighted by atomic mass is 9.96. The second-order valence-corrected chi connectivity index (χ2v) is 6.68. The first-order valence-electron chi connectivity index (χ1n) is 7.75. The topological polar surface area (TPSA) is 130 Å². The average molecular weight is 358 g/mol. The first-order chi connectivity index (χ1) is 12.2. The van der Waals surface area contributed by atoms with E-state index in [0.717, 1.165) is 43.5 Å². The Morgan fingerprint density at radius 1 is 1.28 bits per heavy atom. The summed E-state index contributed by atoms with van der Waals surface area (Å²) in [5.41, 5.74) is 0.595. The molecule has 10 nitrogen and oxygen atoms in total. The maximum atomic E-state index is 11.6. The molecule has 4 rings (SSSR count). The van der Waals surface area contributed by atoms with Gasteiger partial charge in [0.1, 0.15) is 0 Å². The fourth-order valence-corrected chi connectivity index (χ4v) is 3.50. The molecule has 2 saturated heterocycles. The zero-order valence-corrected chi connectivity index (χ0v) is 13.9. The summed E-state index contributed by atoms with van der Waals surface area (Å²) in [7, 11) is 0. The lowest BCUT2D eigenvalue weighted by Gasteiger charge is -2.30. The minimum absolute atomic E-state index is 0.282. The lowest BCUT2D eigenvalue weighted by molar-refractivity contribution is -0.115. The first-order valence-corrected chi connectivity index (χ1v) is 8.57. The van der Waals surface area contributed by atoms with Gasteiger partial charge in [-0.25, -0.2) is 9.97 Å². The molecule has 0 bridgehead atoms. The summed E-state index contributed by atoms with van der Waals surface area (Å²) in [6.07, 6.45) is 5.03. The Labute approximate surface area is 146 Å². The highest BCUT2D eigenvalue weighted by molar-refractivity contribution is 8.18. The molecule has 11 heteroatoms. The smallest absolute Gasteiger partial charge is 0.290 e. The van der Waals surface area contributed by atoms with Crippen molar-refractivity contribution < 1.29 is 9.59 Å². The third-order valence-electron chi connectivity index (χ3n) is 4.09. The number of anilines is 1. The Bertz CT molecular complexity index is 829. The number of aromatic amines is 1. The molecule has 0 radical (unpaired) electrons. The number of carbonyl (C=O) groups is 2. The molecule has 0 aromatic carbocycles. The summed E-state index contributed by atoms with van der Waals surface area (Å²) < 4.78 is 0. The molecule has 2 aromatic heterocycles. The van der Waals surface area contributed by atoms with Crippen LogP contribution < -0.4 is 10.2 Å². The molecule has 2 N–H and O–H groups in total. The van der Waals surface area contributed by atoms with E-state index in [-0.39, 0.29) is 11.2 Å². The van der Waals surface area contributed by atoms with Gasteiger partial charge in [-0.05, 0) is 36.7 Å². The van der Waals surface area contributed by atoms with Gasteiger partial charge in [0.15, 0.2) is 5.82 Å². The third-order valence-corrected chi connectivity index (χ3v) is 4.90. The molecule has 25 heavy (non-hydrogen) atoms. The van der Waals surface area contributed by atoms with Gasteiger partial charge in [0.25, 0.3) is 11.1 Å². The van der Waals surface area contributed by atoms with Crippen LogP contribution in [0.3, 0.4) is 0 Å². The van der Waals surface area contributed by atoms with Crippen LogP contribution in [-0.4, -0.2) is 54.8 Å². The van der Waals surface area contributed by atoms with Crippen LogP contribution in [0.4, 0.5) is 10.7 Å². The molecule has 0 atom stereocenters. The number of imide groups is 1. The van der Waals surface area contributed by atoms with E-state index in [1.165, 1.54) is 0 Å². The van der Waals surface area contributed by atoms with Crippen molar-refractivity contribution in [2.24, 2.45) is 0 Å². The highest BCUT2D eigenvalue weighted by Gasteiger charge is 2.26. The van der Waals surface area contributed by atoms with E-state index < -0.39 is 5.91 Å². The molecule has 0 saturated carbocycles. The number of aromatic nitrogens is 6. The van der Waals surface area contributed by atoms with Crippen molar-refractivity contribution in [3.63, 3.8) is 0 Å². The Kier molecular flexibility index (Phi) is 4.14. The van der Waals surface area contributed by atoms with Gasteiger partial charge >= 0.3 is 0 Å². The van der Waals surface area contributed by atoms with Crippen LogP contribution in [0, 0.1) is 0 Å². The highest BCUT2D eigenvalue weighted by atomic mass is 32.2. The number of hydrogen-bond acceptors (Lipinski definition) is 9. The normalized spacial score (nSPS) is 20.3. The van der Waals surface area contributed by atoms with Crippen LogP contribution in [0.5, 0.6) is 0 Å². The van der Waals surface area contributed by atoms with E-state index in [4.69, 9.17) is 0 Å². The third kappa shape index (κ3) is 3.36. The predicted octanol–water partition coefficient (Wildman–Crippen LogP) is 0.698. The molecule has 2 aliphatic rings. The van der Waals surface area contributed by atoms with E-state index in [1.54, 1.807) is 18.3 Å². The van der Waals surface area contributed by atoms with Gasteiger partial charge in [-0.3, -0.25) is 14.9 Å². The van der Waals surface area contributed by atoms with Crippen molar-refractivity contribution in [1.82, 2.24) is 35.9 Å². The van der Waals surface area contributed by atoms with E-state index in [0.29, 0.717) is 16.5 Å². The van der Waals surface area contributed by atoms with E-state index in [1.807, 2.05) is 0 Å². The molecule has 0 unspecified atom stereocenters. The van der Waals surface area contributed by atoms with Gasteiger partial charge in [0.05, 0.1) is 10.6 Å². The number of thioether (sulfide) groups is 1. The molecule has 128 valence electrons. The number of hydrogen-bond donors (Lipinski definition) is 2. The average Bonchev–Trinajstić information content (AvgIpc) is 3.26. The number of piperidine rings is 1. The quantitative estimate of drug-likeness (QED) is 0.761. The summed E-state index contributed by atoms with van der Waals surface area (Å²) in [6, 6.07) is 1.71. The van der Waals surface area contributed by atoms with Crippen LogP contribution in [0.25, 0.3) is 6.08 Å². The molecular formula is C14H14N8O2S.